The molecule has 0 amide bonds. The summed E-state index contributed by atoms with van der Waals surface area (Å²) in [5, 5.41) is 8.95. The second-order valence-electron chi connectivity index (χ2n) is 7.02. The lowest BCUT2D eigenvalue weighted by Crippen LogP contribution is -2.36. The molecule has 3 aromatic heterocycles. The van der Waals surface area contributed by atoms with Gasteiger partial charge in [0, 0.05) is 31.1 Å². The van der Waals surface area contributed by atoms with E-state index >= 15 is 0 Å². The minimum absolute atomic E-state index is 0.0661. The average molecular weight is 443 g/mol. The van der Waals surface area contributed by atoms with Crippen LogP contribution in [0.3, 0.4) is 0 Å². The molecular weight excluding hydrogens is 422 g/mol. The molecule has 12 heteroatoms. The zero-order valence-corrected chi connectivity index (χ0v) is 17.6. The number of nitrogens with one attached hydrogen (secondary N) is 1. The first kappa shape index (κ1) is 21.0. The number of hydrogen-bond donors (Lipinski definition) is 2. The van der Waals surface area contributed by atoms with Gasteiger partial charge in [-0.15, -0.1) is 10.2 Å². The summed E-state index contributed by atoms with van der Waals surface area (Å²) in [4.78, 5) is 43.4. The summed E-state index contributed by atoms with van der Waals surface area (Å²) in [5.41, 5.74) is 5.30. The van der Waals surface area contributed by atoms with E-state index in [1.165, 1.54) is 4.57 Å². The summed E-state index contributed by atoms with van der Waals surface area (Å²) in [6.45, 7) is 0.906. The molecule has 1 aliphatic rings. The highest BCUT2D eigenvalue weighted by molar-refractivity contribution is 7.99. The number of H-pyrrole nitrogens is 1. The van der Waals surface area contributed by atoms with Crippen molar-refractivity contribution in [2.24, 2.45) is 0 Å². The van der Waals surface area contributed by atoms with Crippen molar-refractivity contribution in [1.82, 2.24) is 29.3 Å². The van der Waals surface area contributed by atoms with E-state index in [1.54, 1.807) is 19.5 Å². The van der Waals surface area contributed by atoms with Crippen molar-refractivity contribution in [3.8, 4) is 11.4 Å². The van der Waals surface area contributed by atoms with E-state index in [0.717, 1.165) is 30.2 Å². The van der Waals surface area contributed by atoms with Gasteiger partial charge in [-0.3, -0.25) is 28.7 Å². The molecule has 1 saturated carbocycles. The molecule has 3 N–H and O–H groups in total. The first-order valence-electron chi connectivity index (χ1n) is 9.64. The number of rotatable bonds is 9. The highest BCUT2D eigenvalue weighted by Gasteiger charge is 2.30. The fourth-order valence-corrected chi connectivity index (χ4v) is 4.06. The summed E-state index contributed by atoms with van der Waals surface area (Å²) < 4.78 is 8.32. The number of ether oxygens (including phenoxy) is 1. The van der Waals surface area contributed by atoms with Gasteiger partial charge in [0.25, 0.3) is 5.56 Å². The highest BCUT2D eigenvalue weighted by atomic mass is 32.2. The summed E-state index contributed by atoms with van der Waals surface area (Å²) in [6, 6.07) is 3.56. The van der Waals surface area contributed by atoms with E-state index in [4.69, 9.17) is 10.5 Å². The van der Waals surface area contributed by atoms with Crippen LogP contribution in [0.5, 0.6) is 0 Å². The van der Waals surface area contributed by atoms with Crippen molar-refractivity contribution >= 4 is 23.4 Å². The van der Waals surface area contributed by atoms with Crippen LogP contribution in [-0.2, 0) is 11.3 Å². The number of carbonyl (C=O) groups excluding carboxylic acids is 1. The van der Waals surface area contributed by atoms with Gasteiger partial charge in [-0.2, -0.15) is 0 Å². The zero-order valence-electron chi connectivity index (χ0n) is 16.8. The summed E-state index contributed by atoms with van der Waals surface area (Å²) in [5.74, 6) is -0.0310. The summed E-state index contributed by atoms with van der Waals surface area (Å²) in [6.07, 6.45) is 4.90. The number of thioether (sulfide) groups is 1. The standard InChI is InChI=1S/C19H21N7O4S/c1-30-9-8-25-16(11-4-6-21-7-5-11)23-24-19(25)31-10-13(27)14-15(20)26(12-2-3-12)18(29)22-17(14)28/h4-7,12H,2-3,8-10,20H2,1H3,(H,22,28,29). The summed E-state index contributed by atoms with van der Waals surface area (Å²) in [7, 11) is 1.59. The number of aromatic amines is 1. The number of nitrogens with two attached hydrogens (primary N) is 1. The third kappa shape index (κ3) is 4.30. The predicted octanol–water partition coefficient (Wildman–Crippen LogP) is 0.729. The van der Waals surface area contributed by atoms with E-state index in [2.05, 4.69) is 20.2 Å². The van der Waals surface area contributed by atoms with Gasteiger partial charge in [0.1, 0.15) is 11.4 Å². The molecule has 0 aromatic carbocycles. The van der Waals surface area contributed by atoms with Crippen LogP contribution in [0.1, 0.15) is 29.2 Å². The fourth-order valence-electron chi connectivity index (χ4n) is 3.23. The Morgan fingerprint density at radius 2 is 2.03 bits per heavy atom. The maximum absolute atomic E-state index is 12.8. The minimum Gasteiger partial charge on any atom is -0.384 e. The fraction of sp³-hybridized carbons (Fsp3) is 0.368. The molecule has 1 fully saturated rings. The van der Waals surface area contributed by atoms with Gasteiger partial charge in [-0.1, -0.05) is 11.8 Å². The van der Waals surface area contributed by atoms with Gasteiger partial charge in [0.15, 0.2) is 16.8 Å². The number of nitrogen functional groups attached to an aromatic ring is 1. The lowest BCUT2D eigenvalue weighted by atomic mass is 10.2. The van der Waals surface area contributed by atoms with Crippen molar-refractivity contribution in [1.29, 1.82) is 0 Å². The second-order valence-corrected chi connectivity index (χ2v) is 7.96. The molecule has 0 radical (unpaired) electrons. The van der Waals surface area contributed by atoms with Crippen LogP contribution >= 0.6 is 11.8 Å². The Hall–Kier alpha value is -3.25. The van der Waals surface area contributed by atoms with Crippen LogP contribution in [0.4, 0.5) is 5.82 Å². The molecule has 0 atom stereocenters. The number of methoxy groups -OCH3 is 1. The highest BCUT2D eigenvalue weighted by Crippen LogP contribution is 2.35. The van der Waals surface area contributed by atoms with E-state index in [-0.39, 0.29) is 23.2 Å². The number of hydrogen-bond acceptors (Lipinski definition) is 9. The van der Waals surface area contributed by atoms with Crippen LogP contribution in [-0.4, -0.2) is 54.6 Å². The number of aromatic nitrogens is 6. The van der Waals surface area contributed by atoms with Crippen molar-refractivity contribution < 1.29 is 9.53 Å². The van der Waals surface area contributed by atoms with E-state index in [0.29, 0.717) is 24.1 Å². The Bertz CT molecular complexity index is 1210. The van der Waals surface area contributed by atoms with Crippen molar-refractivity contribution in [2.75, 3.05) is 25.2 Å². The Morgan fingerprint density at radius 3 is 2.71 bits per heavy atom. The van der Waals surface area contributed by atoms with Crippen molar-refractivity contribution in [3.05, 3.63) is 50.9 Å². The monoisotopic (exact) mass is 443 g/mol. The number of nitrogens with zero attached hydrogens (tertiary/aromatic N) is 5. The smallest absolute Gasteiger partial charge is 0.330 e. The molecular formula is C19H21N7O4S. The quantitative estimate of drug-likeness (QED) is 0.360. The molecule has 11 nitrogen and oxygen atoms in total. The molecule has 0 aliphatic heterocycles. The lowest BCUT2D eigenvalue weighted by Gasteiger charge is -2.11. The SMILES string of the molecule is COCCn1c(SCC(=O)c2c(N)n(C3CC3)c(=O)[nH]c2=O)nnc1-c1ccncc1. The van der Waals surface area contributed by atoms with Crippen LogP contribution in [0, 0.1) is 0 Å². The molecule has 0 saturated heterocycles. The first-order valence-corrected chi connectivity index (χ1v) is 10.6. The molecule has 0 bridgehead atoms. The number of anilines is 1. The molecule has 0 unspecified atom stereocenters. The molecule has 162 valence electrons. The predicted molar refractivity (Wildman–Crippen MR) is 114 cm³/mol. The molecule has 1 aliphatic carbocycles. The number of ketones is 1. The van der Waals surface area contributed by atoms with Gasteiger partial charge in [0.2, 0.25) is 0 Å². The van der Waals surface area contributed by atoms with Gasteiger partial charge in [-0.25, -0.2) is 4.79 Å². The second kappa shape index (κ2) is 8.86. The van der Waals surface area contributed by atoms with Crippen molar-refractivity contribution in [2.45, 2.75) is 30.6 Å². The van der Waals surface area contributed by atoms with E-state index < -0.39 is 17.0 Å². The van der Waals surface area contributed by atoms with Crippen LogP contribution in [0.25, 0.3) is 11.4 Å². The zero-order chi connectivity index (χ0) is 22.0. The lowest BCUT2D eigenvalue weighted by molar-refractivity contribution is 0.102. The average Bonchev–Trinajstić information content (AvgIpc) is 3.50. The van der Waals surface area contributed by atoms with Gasteiger partial charge < -0.3 is 10.5 Å². The normalized spacial score (nSPS) is 13.5. The molecule has 31 heavy (non-hydrogen) atoms. The topological polar surface area (TPSA) is 151 Å². The molecule has 3 heterocycles. The van der Waals surface area contributed by atoms with Crippen LogP contribution < -0.4 is 17.0 Å². The Morgan fingerprint density at radius 1 is 1.29 bits per heavy atom. The van der Waals surface area contributed by atoms with E-state index in [9.17, 15) is 14.4 Å². The van der Waals surface area contributed by atoms with Crippen LogP contribution in [0.15, 0.2) is 39.3 Å². The first-order chi connectivity index (χ1) is 15.0. The molecule has 0 spiro atoms. The number of Topliss-reactive ketones (excluding diaryl/α,β-unsaturated/α-hetero) is 1. The maximum Gasteiger partial charge on any atom is 0.330 e. The minimum atomic E-state index is -0.775. The van der Waals surface area contributed by atoms with Crippen LogP contribution in [0.2, 0.25) is 0 Å². The van der Waals surface area contributed by atoms with Gasteiger partial charge in [0.05, 0.1) is 18.9 Å². The molecule has 4 rings (SSSR count). The van der Waals surface area contributed by atoms with E-state index in [1.807, 2.05) is 16.7 Å². The number of pyridine rings is 1. The number of carbonyl (C=O) groups is 1. The third-order valence-corrected chi connectivity index (χ3v) is 5.85. The Kier molecular flexibility index (Phi) is 6.00. The van der Waals surface area contributed by atoms with Gasteiger partial charge >= 0.3 is 5.69 Å². The third-order valence-electron chi connectivity index (χ3n) is 4.88. The van der Waals surface area contributed by atoms with Gasteiger partial charge in [-0.05, 0) is 25.0 Å². The summed E-state index contributed by atoms with van der Waals surface area (Å²) >= 11 is 1.14. The Labute approximate surface area is 180 Å². The Balaban J connectivity index is 1.59. The molecule has 3 aromatic rings. The maximum atomic E-state index is 12.8. The largest absolute Gasteiger partial charge is 0.384 e. The van der Waals surface area contributed by atoms with Crippen molar-refractivity contribution in [3.63, 3.8) is 0 Å².